The van der Waals surface area contributed by atoms with Gasteiger partial charge in [-0.15, -0.1) is 0 Å². The van der Waals surface area contributed by atoms with Gasteiger partial charge in [-0.25, -0.2) is 5.14 Å². The minimum atomic E-state index is -3.76. The molecule has 11 heteroatoms. The van der Waals surface area contributed by atoms with E-state index in [0.29, 0.717) is 13.1 Å². The first-order valence-electron chi connectivity index (χ1n) is 6.79. The molecule has 0 aliphatic carbocycles. The normalized spacial score (nSPS) is 31.4. The predicted molar refractivity (Wildman–Crippen MR) is 76.8 cm³/mol. The van der Waals surface area contributed by atoms with Gasteiger partial charge in [0.05, 0.1) is 12.2 Å². The maximum atomic E-state index is 12.6. The molecule has 0 saturated carbocycles. The van der Waals surface area contributed by atoms with Gasteiger partial charge in [0.15, 0.2) is 0 Å². The molecular formula is C10H22N4O5S2. The molecule has 0 aromatic heterocycles. The Bertz CT molecular complexity index is 560. The maximum absolute atomic E-state index is 12.6. The fourth-order valence-electron chi connectivity index (χ4n) is 2.64. The van der Waals surface area contributed by atoms with Crippen LogP contribution in [0.1, 0.15) is 13.8 Å². The third kappa shape index (κ3) is 3.92. The van der Waals surface area contributed by atoms with E-state index < -0.39 is 20.4 Å². The molecule has 2 heterocycles. The van der Waals surface area contributed by atoms with E-state index in [1.54, 1.807) is 0 Å². The number of nitrogens with zero attached hydrogens (tertiary/aromatic N) is 3. The highest BCUT2D eigenvalue weighted by atomic mass is 32.2. The third-order valence-electron chi connectivity index (χ3n) is 3.60. The lowest BCUT2D eigenvalue weighted by molar-refractivity contribution is -0.0456. The Balaban J connectivity index is 2.05. The Morgan fingerprint density at radius 3 is 1.71 bits per heavy atom. The largest absolute Gasteiger partial charge is 0.373 e. The molecule has 2 fully saturated rings. The van der Waals surface area contributed by atoms with Crippen molar-refractivity contribution >= 4 is 20.4 Å². The molecule has 21 heavy (non-hydrogen) atoms. The van der Waals surface area contributed by atoms with Gasteiger partial charge in [-0.05, 0) is 13.8 Å². The summed E-state index contributed by atoms with van der Waals surface area (Å²) in [7, 11) is -7.35. The van der Waals surface area contributed by atoms with Crippen molar-refractivity contribution in [3.05, 3.63) is 0 Å². The highest BCUT2D eigenvalue weighted by Crippen LogP contribution is 2.19. The van der Waals surface area contributed by atoms with Crippen molar-refractivity contribution in [1.82, 2.24) is 12.9 Å². The predicted octanol–water partition coefficient (Wildman–Crippen LogP) is -1.84. The fraction of sp³-hybridized carbons (Fsp3) is 1.00. The second-order valence-electron chi connectivity index (χ2n) is 5.43. The van der Waals surface area contributed by atoms with Crippen LogP contribution >= 0.6 is 0 Å². The van der Waals surface area contributed by atoms with Crippen LogP contribution < -0.4 is 5.14 Å². The highest BCUT2D eigenvalue weighted by Gasteiger charge is 2.37. The van der Waals surface area contributed by atoms with E-state index in [-0.39, 0.29) is 38.4 Å². The van der Waals surface area contributed by atoms with Crippen molar-refractivity contribution in [2.24, 2.45) is 5.14 Å². The molecule has 2 N–H and O–H groups in total. The van der Waals surface area contributed by atoms with Crippen molar-refractivity contribution in [1.29, 1.82) is 0 Å². The molecule has 2 atom stereocenters. The molecular weight excluding hydrogens is 320 g/mol. The molecule has 0 spiro atoms. The van der Waals surface area contributed by atoms with Gasteiger partial charge in [-0.3, -0.25) is 0 Å². The summed E-state index contributed by atoms with van der Waals surface area (Å²) in [6.07, 6.45) is -0.316. The smallest absolute Gasteiger partial charge is 0.282 e. The lowest BCUT2D eigenvalue weighted by Gasteiger charge is -2.39. The number of piperazine rings is 1. The molecule has 0 amide bonds. The van der Waals surface area contributed by atoms with Crippen LogP contribution in [-0.2, 0) is 25.2 Å². The van der Waals surface area contributed by atoms with E-state index in [9.17, 15) is 16.8 Å². The Morgan fingerprint density at radius 1 is 0.857 bits per heavy atom. The van der Waals surface area contributed by atoms with Gasteiger partial charge in [0.25, 0.3) is 20.4 Å². The van der Waals surface area contributed by atoms with Gasteiger partial charge in [-0.1, -0.05) is 0 Å². The van der Waals surface area contributed by atoms with Crippen molar-refractivity contribution in [3.63, 3.8) is 0 Å². The first-order chi connectivity index (χ1) is 9.60. The molecule has 124 valence electrons. The third-order valence-corrected chi connectivity index (χ3v) is 6.65. The van der Waals surface area contributed by atoms with Gasteiger partial charge >= 0.3 is 0 Å². The van der Waals surface area contributed by atoms with Crippen molar-refractivity contribution < 1.29 is 21.6 Å². The van der Waals surface area contributed by atoms with Crippen molar-refractivity contribution in [2.45, 2.75) is 26.1 Å². The Kier molecular flexibility index (Phi) is 4.93. The van der Waals surface area contributed by atoms with Gasteiger partial charge < -0.3 is 4.74 Å². The van der Waals surface area contributed by atoms with Crippen LogP contribution in [0, 0.1) is 0 Å². The summed E-state index contributed by atoms with van der Waals surface area (Å²) in [5.41, 5.74) is 0. The van der Waals surface area contributed by atoms with E-state index in [2.05, 4.69) is 0 Å². The van der Waals surface area contributed by atoms with Crippen LogP contribution in [0.5, 0.6) is 0 Å². The molecule has 0 aromatic carbocycles. The minimum Gasteiger partial charge on any atom is -0.373 e. The summed E-state index contributed by atoms with van der Waals surface area (Å²) in [4.78, 5) is 0. The average Bonchev–Trinajstić information content (AvgIpc) is 2.36. The minimum absolute atomic E-state index is 0.0769. The molecule has 2 rings (SSSR count). The lowest BCUT2D eigenvalue weighted by Crippen LogP contribution is -2.58. The van der Waals surface area contributed by atoms with Crippen LogP contribution in [0.25, 0.3) is 0 Å². The van der Waals surface area contributed by atoms with E-state index >= 15 is 0 Å². The first-order valence-corrected chi connectivity index (χ1v) is 9.69. The van der Waals surface area contributed by atoms with Crippen LogP contribution in [-0.4, -0.2) is 81.2 Å². The second kappa shape index (κ2) is 6.07. The summed E-state index contributed by atoms with van der Waals surface area (Å²) in [5.74, 6) is 0. The van der Waals surface area contributed by atoms with Gasteiger partial charge in [-0.2, -0.15) is 29.8 Å². The molecule has 9 nitrogen and oxygen atoms in total. The number of nitrogens with two attached hydrogens (primary N) is 1. The van der Waals surface area contributed by atoms with Crippen LogP contribution in [0.3, 0.4) is 0 Å². The van der Waals surface area contributed by atoms with E-state index in [0.717, 1.165) is 4.31 Å². The van der Waals surface area contributed by atoms with Gasteiger partial charge in [0.1, 0.15) is 0 Å². The quantitative estimate of drug-likeness (QED) is 0.647. The maximum Gasteiger partial charge on any atom is 0.282 e. The summed E-state index contributed by atoms with van der Waals surface area (Å²) >= 11 is 0. The number of morpholine rings is 1. The SMILES string of the molecule is C[C@@H]1CN(S(=O)(=O)N2CCN(S(N)(=O)=O)CC2)C[C@@H](C)O1. The van der Waals surface area contributed by atoms with Gasteiger partial charge in [0, 0.05) is 39.3 Å². The highest BCUT2D eigenvalue weighted by molar-refractivity contribution is 7.87. The molecule has 2 aliphatic rings. The van der Waals surface area contributed by atoms with E-state index in [1.165, 1.54) is 8.61 Å². The summed E-state index contributed by atoms with van der Waals surface area (Å²) in [5, 5.41) is 5.05. The second-order valence-corrected chi connectivity index (χ2v) is 8.90. The molecule has 0 radical (unpaired) electrons. The first kappa shape index (κ1) is 17.1. The standard InChI is InChI=1S/C10H22N4O5S2/c1-9-7-14(8-10(2)19-9)21(17,18)13-5-3-12(4-6-13)20(11,15)16/h9-10H,3-8H2,1-2H3,(H2,11,15,16)/t9-,10-/m1/s1. The lowest BCUT2D eigenvalue weighted by atomic mass is 10.3. The molecule has 2 saturated heterocycles. The Hall–Kier alpha value is -0.300. The monoisotopic (exact) mass is 342 g/mol. The fourth-order valence-corrected chi connectivity index (χ4v) is 5.06. The number of ether oxygens (including phenoxy) is 1. The van der Waals surface area contributed by atoms with Crippen molar-refractivity contribution in [2.75, 3.05) is 39.3 Å². The zero-order valence-corrected chi connectivity index (χ0v) is 13.8. The number of hydrogen-bond acceptors (Lipinski definition) is 5. The zero-order chi connectivity index (χ0) is 15.8. The summed E-state index contributed by atoms with van der Waals surface area (Å²) in [6.45, 7) is 4.65. The van der Waals surface area contributed by atoms with Crippen LogP contribution in [0.15, 0.2) is 0 Å². The average molecular weight is 342 g/mol. The summed E-state index contributed by atoms with van der Waals surface area (Å²) < 4.78 is 57.0. The Morgan fingerprint density at radius 2 is 1.29 bits per heavy atom. The molecule has 2 aliphatic heterocycles. The van der Waals surface area contributed by atoms with Gasteiger partial charge in [0.2, 0.25) is 0 Å². The van der Waals surface area contributed by atoms with Crippen LogP contribution in [0.2, 0.25) is 0 Å². The topological polar surface area (TPSA) is 113 Å². The van der Waals surface area contributed by atoms with Crippen molar-refractivity contribution in [3.8, 4) is 0 Å². The van der Waals surface area contributed by atoms with E-state index in [1.807, 2.05) is 13.8 Å². The summed E-state index contributed by atoms with van der Waals surface area (Å²) in [6, 6.07) is 0. The molecule has 0 aromatic rings. The number of hydrogen-bond donors (Lipinski definition) is 1. The molecule has 0 bridgehead atoms. The Labute approximate surface area is 126 Å². The molecule has 0 unspecified atom stereocenters. The van der Waals surface area contributed by atoms with E-state index in [4.69, 9.17) is 9.88 Å². The van der Waals surface area contributed by atoms with Crippen LogP contribution in [0.4, 0.5) is 0 Å². The number of rotatable bonds is 3. The zero-order valence-electron chi connectivity index (χ0n) is 12.2.